The normalized spacial score (nSPS) is 11.0. The van der Waals surface area contributed by atoms with Crippen molar-refractivity contribution >= 4 is 11.6 Å². The molecular weight excluding hydrogens is 322 g/mol. The van der Waals surface area contributed by atoms with E-state index < -0.39 is 0 Å². The Balaban J connectivity index is 1.89. The summed E-state index contributed by atoms with van der Waals surface area (Å²) >= 11 is 0. The van der Waals surface area contributed by atoms with Crippen LogP contribution in [0, 0.1) is 0 Å². The molecule has 0 aliphatic rings. The van der Waals surface area contributed by atoms with Crippen molar-refractivity contribution in [1.29, 1.82) is 0 Å². The highest BCUT2D eigenvalue weighted by molar-refractivity contribution is 5.73. The molecule has 0 unspecified atom stereocenters. The van der Waals surface area contributed by atoms with Crippen LogP contribution < -0.4 is 15.2 Å². The summed E-state index contributed by atoms with van der Waals surface area (Å²) in [6.45, 7) is 0. The Kier molecular flexibility index (Phi) is 3.50. The Hall–Kier alpha value is -3.55. The number of nitrogen functional groups attached to an aromatic ring is 1. The molecule has 0 spiro atoms. The van der Waals surface area contributed by atoms with Crippen LogP contribution in [-0.4, -0.2) is 33.8 Å². The van der Waals surface area contributed by atoms with E-state index in [2.05, 4.69) is 15.1 Å². The van der Waals surface area contributed by atoms with Gasteiger partial charge in [0.1, 0.15) is 11.5 Å². The average molecular weight is 337 g/mol. The van der Waals surface area contributed by atoms with Crippen LogP contribution in [0.3, 0.4) is 0 Å². The van der Waals surface area contributed by atoms with Crippen LogP contribution in [0.5, 0.6) is 11.5 Å². The Morgan fingerprint density at radius 1 is 1.08 bits per heavy atom. The lowest BCUT2D eigenvalue weighted by atomic mass is 10.1. The zero-order valence-electron chi connectivity index (χ0n) is 13.6. The van der Waals surface area contributed by atoms with E-state index in [0.29, 0.717) is 34.4 Å². The van der Waals surface area contributed by atoms with Gasteiger partial charge >= 0.3 is 0 Å². The molecule has 2 N–H and O–H groups in total. The molecule has 0 fully saturated rings. The fraction of sp³-hybridized carbons (Fsp3) is 0.118. The number of furan rings is 1. The summed E-state index contributed by atoms with van der Waals surface area (Å²) in [7, 11) is 3.20. The Bertz CT molecular complexity index is 1040. The van der Waals surface area contributed by atoms with E-state index in [1.165, 1.54) is 4.52 Å². The minimum absolute atomic E-state index is 0.211. The molecule has 0 amide bonds. The van der Waals surface area contributed by atoms with Gasteiger partial charge in [-0.05, 0) is 30.3 Å². The van der Waals surface area contributed by atoms with Gasteiger partial charge in [0.2, 0.25) is 11.8 Å². The molecule has 8 heteroatoms. The molecule has 4 aromatic rings. The van der Waals surface area contributed by atoms with E-state index >= 15 is 0 Å². The van der Waals surface area contributed by atoms with Gasteiger partial charge in [-0.2, -0.15) is 4.52 Å². The molecule has 0 atom stereocenters. The number of aromatic nitrogens is 4. The monoisotopic (exact) mass is 337 g/mol. The zero-order chi connectivity index (χ0) is 17.4. The maximum Gasteiger partial charge on any atom is 0.223 e. The third kappa shape index (κ3) is 2.53. The van der Waals surface area contributed by atoms with Gasteiger partial charge in [0.15, 0.2) is 11.4 Å². The van der Waals surface area contributed by atoms with E-state index in [1.54, 1.807) is 38.7 Å². The maximum atomic E-state index is 6.07. The Morgan fingerprint density at radius 3 is 2.68 bits per heavy atom. The summed E-state index contributed by atoms with van der Waals surface area (Å²) in [5.41, 5.74) is 7.98. The molecule has 0 saturated carbocycles. The highest BCUT2D eigenvalue weighted by Gasteiger charge is 2.15. The molecule has 126 valence electrons. The van der Waals surface area contributed by atoms with Crippen LogP contribution in [0.4, 0.5) is 5.95 Å². The Morgan fingerprint density at radius 2 is 1.96 bits per heavy atom. The highest BCUT2D eigenvalue weighted by Crippen LogP contribution is 2.33. The molecule has 1 aromatic carbocycles. The molecule has 3 heterocycles. The lowest BCUT2D eigenvalue weighted by Crippen LogP contribution is -2.03. The van der Waals surface area contributed by atoms with Crippen LogP contribution in [0.1, 0.15) is 0 Å². The number of methoxy groups -OCH3 is 2. The van der Waals surface area contributed by atoms with Crippen molar-refractivity contribution in [2.24, 2.45) is 0 Å². The first-order chi connectivity index (χ1) is 12.2. The number of anilines is 1. The molecule has 0 aliphatic heterocycles. The average Bonchev–Trinajstić information content (AvgIpc) is 3.30. The van der Waals surface area contributed by atoms with E-state index in [-0.39, 0.29) is 5.95 Å². The number of nitrogens with zero attached hydrogens (tertiary/aromatic N) is 4. The topological polar surface area (TPSA) is 101 Å². The van der Waals surface area contributed by atoms with Gasteiger partial charge in [0, 0.05) is 11.6 Å². The van der Waals surface area contributed by atoms with Crippen LogP contribution in [0.15, 0.2) is 47.1 Å². The van der Waals surface area contributed by atoms with Crippen LogP contribution in [-0.2, 0) is 0 Å². The molecule has 0 bridgehead atoms. The van der Waals surface area contributed by atoms with Crippen LogP contribution >= 0.6 is 0 Å². The van der Waals surface area contributed by atoms with Crippen LogP contribution in [0.25, 0.3) is 28.5 Å². The number of nitrogens with two attached hydrogens (primary N) is 1. The number of rotatable bonds is 4. The third-order valence-corrected chi connectivity index (χ3v) is 3.77. The minimum atomic E-state index is 0.211. The van der Waals surface area contributed by atoms with Crippen molar-refractivity contribution in [2.75, 3.05) is 20.0 Å². The molecule has 4 rings (SSSR count). The first kappa shape index (κ1) is 15.0. The summed E-state index contributed by atoms with van der Waals surface area (Å²) in [5.74, 6) is 2.55. The summed E-state index contributed by atoms with van der Waals surface area (Å²) < 4.78 is 17.5. The van der Waals surface area contributed by atoms with Gasteiger partial charge in [-0.15, -0.1) is 5.10 Å². The lowest BCUT2D eigenvalue weighted by Gasteiger charge is -2.10. The van der Waals surface area contributed by atoms with Gasteiger partial charge in [-0.1, -0.05) is 0 Å². The van der Waals surface area contributed by atoms with E-state index in [1.807, 2.05) is 18.2 Å². The summed E-state index contributed by atoms with van der Waals surface area (Å²) in [5, 5.41) is 4.33. The first-order valence-electron chi connectivity index (χ1n) is 7.49. The van der Waals surface area contributed by atoms with E-state index in [0.717, 1.165) is 5.56 Å². The molecule has 3 aromatic heterocycles. The second kappa shape index (κ2) is 5.82. The Labute approximate surface area is 142 Å². The number of hydrogen-bond donors (Lipinski definition) is 1. The highest BCUT2D eigenvalue weighted by atomic mass is 16.5. The number of ether oxygens (including phenoxy) is 2. The molecule has 0 aliphatic carbocycles. The first-order valence-corrected chi connectivity index (χ1v) is 7.49. The zero-order valence-corrected chi connectivity index (χ0v) is 13.6. The van der Waals surface area contributed by atoms with Crippen LogP contribution in [0.2, 0.25) is 0 Å². The summed E-state index contributed by atoms with van der Waals surface area (Å²) in [6, 6.07) is 10.8. The quantitative estimate of drug-likeness (QED) is 0.611. The number of hydrogen-bond acceptors (Lipinski definition) is 7. The van der Waals surface area contributed by atoms with E-state index in [4.69, 9.17) is 19.6 Å². The standard InChI is InChI=1S/C17H15N5O3/c1-23-10-5-6-13(24-2)11(8-10)12-9-15-20-16(14-4-3-7-25-14)21-22(15)17(18)19-12/h3-9H,1-2H3,(H2,18,19). The van der Waals surface area contributed by atoms with Gasteiger partial charge in [0.05, 0.1) is 26.2 Å². The third-order valence-electron chi connectivity index (χ3n) is 3.77. The molecular formula is C17H15N5O3. The van der Waals surface area contributed by atoms with Crippen molar-refractivity contribution in [1.82, 2.24) is 19.6 Å². The predicted molar refractivity (Wildman–Crippen MR) is 91.4 cm³/mol. The second-order valence-electron chi connectivity index (χ2n) is 5.25. The van der Waals surface area contributed by atoms with E-state index in [9.17, 15) is 0 Å². The molecule has 0 saturated heterocycles. The van der Waals surface area contributed by atoms with Crippen molar-refractivity contribution in [3.8, 4) is 34.3 Å². The van der Waals surface area contributed by atoms with Crippen molar-refractivity contribution in [2.45, 2.75) is 0 Å². The summed E-state index contributed by atoms with van der Waals surface area (Å²) in [4.78, 5) is 8.89. The van der Waals surface area contributed by atoms with Crippen molar-refractivity contribution in [3.05, 3.63) is 42.7 Å². The molecule has 8 nitrogen and oxygen atoms in total. The maximum absolute atomic E-state index is 6.07. The predicted octanol–water partition coefficient (Wildman–Crippen LogP) is 2.65. The SMILES string of the molecule is COc1ccc(OC)c(-c2cc3nc(-c4ccco4)nn3c(N)n2)c1. The fourth-order valence-electron chi connectivity index (χ4n) is 2.57. The van der Waals surface area contributed by atoms with Crippen molar-refractivity contribution in [3.63, 3.8) is 0 Å². The van der Waals surface area contributed by atoms with Crippen molar-refractivity contribution < 1.29 is 13.9 Å². The van der Waals surface area contributed by atoms with Gasteiger partial charge in [0.25, 0.3) is 0 Å². The minimum Gasteiger partial charge on any atom is -0.497 e. The summed E-state index contributed by atoms with van der Waals surface area (Å²) in [6.07, 6.45) is 1.56. The second-order valence-corrected chi connectivity index (χ2v) is 5.25. The number of benzene rings is 1. The molecule has 25 heavy (non-hydrogen) atoms. The fourth-order valence-corrected chi connectivity index (χ4v) is 2.57. The van der Waals surface area contributed by atoms with Gasteiger partial charge < -0.3 is 19.6 Å². The van der Waals surface area contributed by atoms with Gasteiger partial charge in [-0.3, -0.25) is 0 Å². The number of fused-ring (bicyclic) bond motifs is 1. The molecule has 0 radical (unpaired) electrons. The lowest BCUT2D eigenvalue weighted by molar-refractivity contribution is 0.404. The largest absolute Gasteiger partial charge is 0.497 e. The smallest absolute Gasteiger partial charge is 0.223 e. The van der Waals surface area contributed by atoms with Gasteiger partial charge in [-0.25, -0.2) is 9.97 Å².